The number of nitrogens with one attached hydrogen (secondary N) is 2. The lowest BCUT2D eigenvalue weighted by atomic mass is 10.2. The number of pyridine rings is 1. The average Bonchev–Trinajstić information content (AvgIpc) is 2.70. The van der Waals surface area contributed by atoms with E-state index in [0.29, 0.717) is 18.8 Å². The molecule has 2 aromatic rings. The highest BCUT2D eigenvalue weighted by molar-refractivity contribution is 5.93. The Labute approximate surface area is 170 Å². The van der Waals surface area contributed by atoms with Crippen LogP contribution < -0.4 is 10.6 Å². The second-order valence-corrected chi connectivity index (χ2v) is 6.61. The molecule has 1 heterocycles. The summed E-state index contributed by atoms with van der Waals surface area (Å²) in [6.45, 7) is 2.34. The average molecular weight is 398 g/mol. The first-order valence-corrected chi connectivity index (χ1v) is 9.35. The summed E-state index contributed by atoms with van der Waals surface area (Å²) >= 11 is 0. The van der Waals surface area contributed by atoms with Gasteiger partial charge in [-0.3, -0.25) is 9.59 Å². The fraction of sp³-hybridized carbons (Fsp3) is 0.333. The van der Waals surface area contributed by atoms with E-state index in [9.17, 15) is 14.4 Å². The fourth-order valence-electron chi connectivity index (χ4n) is 2.49. The van der Waals surface area contributed by atoms with Crippen LogP contribution in [0.1, 0.15) is 24.0 Å². The Morgan fingerprint density at radius 3 is 2.62 bits per heavy atom. The van der Waals surface area contributed by atoms with Gasteiger partial charge >= 0.3 is 6.09 Å². The molecule has 0 radical (unpaired) electrons. The SMILES string of the molecule is Cc1ccnc(NC(=O)CN(C)C(=O)CCCNC(=O)OCc2ccccc2)c1. The highest BCUT2D eigenvalue weighted by atomic mass is 16.5. The molecule has 2 rings (SSSR count). The van der Waals surface area contributed by atoms with Gasteiger partial charge in [0.05, 0.1) is 6.54 Å². The van der Waals surface area contributed by atoms with Crippen LogP contribution in [0, 0.1) is 6.92 Å². The molecule has 0 unspecified atom stereocenters. The van der Waals surface area contributed by atoms with Gasteiger partial charge in [-0.05, 0) is 36.6 Å². The second kappa shape index (κ2) is 11.4. The van der Waals surface area contributed by atoms with Crippen molar-refractivity contribution < 1.29 is 19.1 Å². The summed E-state index contributed by atoms with van der Waals surface area (Å²) in [7, 11) is 1.56. The maximum Gasteiger partial charge on any atom is 0.407 e. The van der Waals surface area contributed by atoms with Crippen LogP contribution in [0.3, 0.4) is 0 Å². The molecule has 1 aromatic carbocycles. The van der Waals surface area contributed by atoms with E-state index in [0.717, 1.165) is 11.1 Å². The molecule has 0 aliphatic heterocycles. The van der Waals surface area contributed by atoms with Crippen molar-refractivity contribution in [1.82, 2.24) is 15.2 Å². The number of amides is 3. The Morgan fingerprint density at radius 1 is 1.14 bits per heavy atom. The molecule has 0 saturated carbocycles. The zero-order valence-electron chi connectivity index (χ0n) is 16.7. The largest absolute Gasteiger partial charge is 0.445 e. The van der Waals surface area contributed by atoms with Crippen LogP contribution in [-0.4, -0.2) is 47.9 Å². The monoisotopic (exact) mass is 398 g/mol. The van der Waals surface area contributed by atoms with Gasteiger partial charge in [-0.15, -0.1) is 0 Å². The van der Waals surface area contributed by atoms with Crippen molar-refractivity contribution in [1.29, 1.82) is 0 Å². The molecule has 3 amide bonds. The van der Waals surface area contributed by atoms with Crippen LogP contribution in [-0.2, 0) is 20.9 Å². The number of carbonyl (C=O) groups is 3. The number of anilines is 1. The summed E-state index contributed by atoms with van der Waals surface area (Å²) in [5.41, 5.74) is 1.88. The van der Waals surface area contributed by atoms with Crippen LogP contribution in [0.15, 0.2) is 48.7 Å². The number of carbonyl (C=O) groups excluding carboxylic acids is 3. The van der Waals surface area contributed by atoms with E-state index in [-0.39, 0.29) is 31.4 Å². The maximum atomic E-state index is 12.1. The zero-order valence-corrected chi connectivity index (χ0v) is 16.7. The second-order valence-electron chi connectivity index (χ2n) is 6.61. The molecule has 2 N–H and O–H groups in total. The molecular formula is C21H26N4O4. The molecule has 0 aliphatic rings. The molecule has 0 spiro atoms. The topological polar surface area (TPSA) is 101 Å². The summed E-state index contributed by atoms with van der Waals surface area (Å²) in [5, 5.41) is 5.27. The predicted octanol–water partition coefficient (Wildman–Crippen LogP) is 2.49. The number of hydrogen-bond acceptors (Lipinski definition) is 5. The summed E-state index contributed by atoms with van der Waals surface area (Å²) in [6.07, 6.45) is 1.74. The Kier molecular flexibility index (Phi) is 8.62. The number of likely N-dealkylation sites (N-methyl/N-ethyl adjacent to an activating group) is 1. The van der Waals surface area contributed by atoms with Crippen molar-refractivity contribution in [3.63, 3.8) is 0 Å². The minimum Gasteiger partial charge on any atom is -0.445 e. The molecule has 0 fully saturated rings. The number of ether oxygens (including phenoxy) is 1. The molecule has 8 heteroatoms. The maximum absolute atomic E-state index is 12.1. The molecule has 29 heavy (non-hydrogen) atoms. The molecule has 0 aliphatic carbocycles. The number of benzene rings is 1. The van der Waals surface area contributed by atoms with Crippen molar-refractivity contribution in [2.45, 2.75) is 26.4 Å². The molecule has 0 bridgehead atoms. The van der Waals surface area contributed by atoms with Crippen LogP contribution in [0.4, 0.5) is 10.6 Å². The van der Waals surface area contributed by atoms with Crippen molar-refractivity contribution >= 4 is 23.7 Å². The van der Waals surface area contributed by atoms with E-state index in [1.165, 1.54) is 4.90 Å². The third kappa shape index (κ3) is 8.42. The summed E-state index contributed by atoms with van der Waals surface area (Å²) in [5.74, 6) is -0.0487. The van der Waals surface area contributed by atoms with Crippen molar-refractivity contribution in [2.24, 2.45) is 0 Å². The summed E-state index contributed by atoms with van der Waals surface area (Å²) < 4.78 is 5.10. The Balaban J connectivity index is 1.60. The smallest absolute Gasteiger partial charge is 0.407 e. The van der Waals surface area contributed by atoms with Crippen LogP contribution in [0.2, 0.25) is 0 Å². The highest BCUT2D eigenvalue weighted by Crippen LogP contribution is 2.05. The van der Waals surface area contributed by atoms with E-state index >= 15 is 0 Å². The van der Waals surface area contributed by atoms with Gasteiger partial charge in [0.25, 0.3) is 0 Å². The first-order chi connectivity index (χ1) is 13.9. The lowest BCUT2D eigenvalue weighted by Crippen LogP contribution is -2.35. The van der Waals surface area contributed by atoms with Crippen molar-refractivity contribution in [3.8, 4) is 0 Å². The number of aromatic nitrogens is 1. The molecule has 1 aromatic heterocycles. The van der Waals surface area contributed by atoms with E-state index in [1.54, 1.807) is 19.3 Å². The van der Waals surface area contributed by atoms with Gasteiger partial charge in [0.15, 0.2) is 0 Å². The minimum atomic E-state index is -0.528. The first kappa shape index (κ1) is 21.9. The van der Waals surface area contributed by atoms with E-state index in [4.69, 9.17) is 4.74 Å². The third-order valence-electron chi connectivity index (χ3n) is 4.04. The summed E-state index contributed by atoms with van der Waals surface area (Å²) in [4.78, 5) is 41.2. The molecule has 0 atom stereocenters. The Bertz CT molecular complexity index is 826. The van der Waals surface area contributed by atoms with E-state index in [1.807, 2.05) is 43.3 Å². The van der Waals surface area contributed by atoms with Gasteiger partial charge in [0.2, 0.25) is 11.8 Å². The molecule has 8 nitrogen and oxygen atoms in total. The number of alkyl carbamates (subject to hydrolysis) is 1. The van der Waals surface area contributed by atoms with Gasteiger partial charge in [-0.2, -0.15) is 0 Å². The molecule has 0 saturated heterocycles. The van der Waals surface area contributed by atoms with E-state index in [2.05, 4.69) is 15.6 Å². The fourth-order valence-corrected chi connectivity index (χ4v) is 2.49. The number of hydrogen-bond donors (Lipinski definition) is 2. The minimum absolute atomic E-state index is 0.0685. The third-order valence-corrected chi connectivity index (χ3v) is 4.04. The van der Waals surface area contributed by atoms with Gasteiger partial charge in [-0.1, -0.05) is 30.3 Å². The zero-order chi connectivity index (χ0) is 21.1. The highest BCUT2D eigenvalue weighted by Gasteiger charge is 2.13. The van der Waals surface area contributed by atoms with Gasteiger partial charge < -0.3 is 20.3 Å². The van der Waals surface area contributed by atoms with Crippen molar-refractivity contribution in [2.75, 3.05) is 25.5 Å². The molecular weight excluding hydrogens is 372 g/mol. The van der Waals surface area contributed by atoms with E-state index < -0.39 is 6.09 Å². The van der Waals surface area contributed by atoms with Crippen molar-refractivity contribution in [3.05, 3.63) is 59.8 Å². The first-order valence-electron chi connectivity index (χ1n) is 9.35. The molecule has 154 valence electrons. The van der Waals surface area contributed by atoms with Crippen LogP contribution >= 0.6 is 0 Å². The predicted molar refractivity (Wildman–Crippen MR) is 109 cm³/mol. The lowest BCUT2D eigenvalue weighted by molar-refractivity contribution is -0.133. The van der Waals surface area contributed by atoms with Crippen LogP contribution in [0.5, 0.6) is 0 Å². The number of rotatable bonds is 9. The number of aryl methyl sites for hydroxylation is 1. The lowest BCUT2D eigenvalue weighted by Gasteiger charge is -2.16. The number of nitrogens with zero attached hydrogens (tertiary/aromatic N) is 2. The summed E-state index contributed by atoms with van der Waals surface area (Å²) in [6, 6.07) is 13.0. The Morgan fingerprint density at radius 2 is 1.90 bits per heavy atom. The van der Waals surface area contributed by atoms with Crippen LogP contribution in [0.25, 0.3) is 0 Å². The van der Waals surface area contributed by atoms with Gasteiger partial charge in [-0.25, -0.2) is 9.78 Å². The normalized spacial score (nSPS) is 10.1. The van der Waals surface area contributed by atoms with Gasteiger partial charge in [0, 0.05) is 26.2 Å². The standard InChI is InChI=1S/C21H26N4O4/c1-16-10-12-22-18(13-16)24-19(26)14-25(2)20(27)9-6-11-23-21(28)29-15-17-7-4-3-5-8-17/h3-5,7-8,10,12-13H,6,9,11,14-15H2,1-2H3,(H,23,28)(H,22,24,26). The Hall–Kier alpha value is -3.42. The van der Waals surface area contributed by atoms with Gasteiger partial charge in [0.1, 0.15) is 12.4 Å². The quantitative estimate of drug-likeness (QED) is 0.632.